The monoisotopic (exact) mass is 413 g/mol. The smallest absolute Gasteiger partial charge is 0.282 e. The van der Waals surface area contributed by atoms with Crippen LogP contribution in [0.15, 0.2) is 34.5 Å². The van der Waals surface area contributed by atoms with E-state index < -0.39 is 30.0 Å². The first-order valence-corrected chi connectivity index (χ1v) is 9.04. The molecular weight excluding hydrogens is 399 g/mol. The summed E-state index contributed by atoms with van der Waals surface area (Å²) in [4.78, 5) is 12.6. The standard InChI is InChI=1S/C18H15Cl2F2N3O2/c1-25-6-9(15(24-25)17(21)22)18(27)23-10-4-2-3-7-8-5-11(26)14(12(7)10)13(8)16(19)20/h2-4,6,8,11,14,17,26H,5H2,1H3,(H,23,27). The van der Waals surface area contributed by atoms with Crippen molar-refractivity contribution in [2.45, 2.75) is 30.8 Å². The summed E-state index contributed by atoms with van der Waals surface area (Å²) in [6.45, 7) is 0. The number of fused-ring (bicyclic) bond motifs is 5. The number of aryl methyl sites for hydroxylation is 1. The van der Waals surface area contributed by atoms with Gasteiger partial charge in [0.05, 0.1) is 11.7 Å². The summed E-state index contributed by atoms with van der Waals surface area (Å²) < 4.78 is 27.6. The van der Waals surface area contributed by atoms with E-state index in [9.17, 15) is 18.7 Å². The molecule has 0 radical (unpaired) electrons. The Morgan fingerprint density at radius 3 is 2.81 bits per heavy atom. The number of hydrogen-bond acceptors (Lipinski definition) is 3. The second kappa shape index (κ2) is 6.58. The van der Waals surface area contributed by atoms with Gasteiger partial charge in [0, 0.05) is 30.8 Å². The number of aliphatic hydroxyl groups is 1. The molecule has 0 aliphatic heterocycles. The lowest BCUT2D eigenvalue weighted by Crippen LogP contribution is -2.20. The molecule has 1 aromatic heterocycles. The fourth-order valence-corrected chi connectivity index (χ4v) is 4.69. The van der Waals surface area contributed by atoms with Crippen molar-refractivity contribution in [3.05, 3.63) is 56.8 Å². The highest BCUT2D eigenvalue weighted by atomic mass is 35.5. The molecule has 9 heteroatoms. The van der Waals surface area contributed by atoms with E-state index in [4.69, 9.17) is 23.2 Å². The maximum atomic E-state index is 13.1. The first-order valence-electron chi connectivity index (χ1n) is 8.28. The number of aromatic nitrogens is 2. The van der Waals surface area contributed by atoms with Gasteiger partial charge in [0.1, 0.15) is 10.2 Å². The lowest BCUT2D eigenvalue weighted by molar-refractivity contribution is 0.101. The zero-order valence-corrected chi connectivity index (χ0v) is 15.6. The number of amides is 1. The zero-order chi connectivity index (χ0) is 19.5. The second-order valence-corrected chi connectivity index (χ2v) is 7.66. The van der Waals surface area contributed by atoms with E-state index in [1.165, 1.54) is 17.9 Å². The van der Waals surface area contributed by atoms with Crippen molar-refractivity contribution in [1.29, 1.82) is 0 Å². The number of hydrogen-bond donors (Lipinski definition) is 2. The topological polar surface area (TPSA) is 67.2 Å². The van der Waals surface area contributed by atoms with Gasteiger partial charge in [-0.15, -0.1) is 0 Å². The van der Waals surface area contributed by atoms with Gasteiger partial charge in [-0.1, -0.05) is 35.3 Å². The van der Waals surface area contributed by atoms with E-state index in [0.717, 1.165) is 16.7 Å². The average Bonchev–Trinajstić information content (AvgIpc) is 3.24. The van der Waals surface area contributed by atoms with Crippen molar-refractivity contribution in [3.63, 3.8) is 0 Å². The summed E-state index contributed by atoms with van der Waals surface area (Å²) in [5, 5.41) is 16.7. The number of rotatable bonds is 3. The summed E-state index contributed by atoms with van der Waals surface area (Å²) >= 11 is 12.1. The zero-order valence-electron chi connectivity index (χ0n) is 14.1. The number of benzene rings is 1. The minimum atomic E-state index is -2.86. The van der Waals surface area contributed by atoms with Crippen molar-refractivity contribution in [1.82, 2.24) is 9.78 Å². The molecule has 4 rings (SSSR count). The SMILES string of the molecule is Cn1cc(C(=O)Nc2cccc3c2C2C(=C(Cl)Cl)C3CC2O)c(C(F)F)n1. The molecule has 1 heterocycles. The maximum Gasteiger partial charge on any atom is 0.282 e. The van der Waals surface area contributed by atoms with Gasteiger partial charge in [0.2, 0.25) is 0 Å². The Balaban J connectivity index is 1.73. The van der Waals surface area contributed by atoms with Gasteiger partial charge < -0.3 is 10.4 Å². The molecule has 5 nitrogen and oxygen atoms in total. The molecule has 3 atom stereocenters. The van der Waals surface area contributed by atoms with Crippen molar-refractivity contribution < 1.29 is 18.7 Å². The molecular formula is C18H15Cl2F2N3O2. The summed E-state index contributed by atoms with van der Waals surface area (Å²) in [5.74, 6) is -1.22. The number of carbonyl (C=O) groups is 1. The third kappa shape index (κ3) is 2.85. The van der Waals surface area contributed by atoms with E-state index in [1.807, 2.05) is 6.07 Å². The second-order valence-electron chi connectivity index (χ2n) is 6.71. The van der Waals surface area contributed by atoms with E-state index in [2.05, 4.69) is 10.4 Å². The number of carbonyl (C=O) groups excluding carboxylic acids is 1. The minimum Gasteiger partial charge on any atom is -0.392 e. The van der Waals surface area contributed by atoms with Crippen LogP contribution in [-0.4, -0.2) is 26.9 Å². The predicted octanol–water partition coefficient (Wildman–Crippen LogP) is 4.24. The Morgan fingerprint density at radius 1 is 1.41 bits per heavy atom. The Labute approximate surface area is 163 Å². The molecule has 2 N–H and O–H groups in total. The summed E-state index contributed by atoms with van der Waals surface area (Å²) in [5.41, 5.74) is 2.06. The Kier molecular flexibility index (Phi) is 4.49. The first-order chi connectivity index (χ1) is 12.8. The van der Waals surface area contributed by atoms with Gasteiger partial charge >= 0.3 is 0 Å². The van der Waals surface area contributed by atoms with Crippen molar-refractivity contribution in [3.8, 4) is 0 Å². The molecule has 142 valence electrons. The van der Waals surface area contributed by atoms with E-state index in [1.54, 1.807) is 12.1 Å². The Morgan fingerprint density at radius 2 is 2.15 bits per heavy atom. The molecule has 2 aliphatic rings. The van der Waals surface area contributed by atoms with Crippen molar-refractivity contribution >= 4 is 34.8 Å². The molecule has 1 saturated carbocycles. The number of halogens is 4. The van der Waals surface area contributed by atoms with Crippen molar-refractivity contribution in [2.75, 3.05) is 5.32 Å². The fourth-order valence-electron chi connectivity index (χ4n) is 4.19. The number of aliphatic hydroxyl groups excluding tert-OH is 1. The molecule has 0 saturated heterocycles. The molecule has 1 aromatic carbocycles. The molecule has 2 bridgehead atoms. The van der Waals surface area contributed by atoms with Crippen LogP contribution in [0, 0.1) is 0 Å². The highest BCUT2D eigenvalue weighted by Crippen LogP contribution is 2.60. The van der Waals surface area contributed by atoms with E-state index >= 15 is 0 Å². The van der Waals surface area contributed by atoms with Crippen molar-refractivity contribution in [2.24, 2.45) is 7.05 Å². The van der Waals surface area contributed by atoms with E-state index in [0.29, 0.717) is 12.1 Å². The van der Waals surface area contributed by atoms with Crippen LogP contribution < -0.4 is 5.32 Å². The molecule has 3 unspecified atom stereocenters. The average molecular weight is 414 g/mol. The summed E-state index contributed by atoms with van der Waals surface area (Å²) in [7, 11) is 1.47. The van der Waals surface area contributed by atoms with Crippen LogP contribution in [0.5, 0.6) is 0 Å². The first kappa shape index (κ1) is 18.4. The quantitative estimate of drug-likeness (QED) is 0.790. The van der Waals surface area contributed by atoms with Crippen LogP contribution in [-0.2, 0) is 7.05 Å². The van der Waals surface area contributed by atoms with Gasteiger partial charge in [-0.25, -0.2) is 8.78 Å². The van der Waals surface area contributed by atoms with Crippen LogP contribution >= 0.6 is 23.2 Å². The largest absolute Gasteiger partial charge is 0.392 e. The van der Waals surface area contributed by atoms with Gasteiger partial charge in [-0.2, -0.15) is 5.10 Å². The summed E-state index contributed by atoms with van der Waals surface area (Å²) in [6, 6.07) is 5.33. The highest BCUT2D eigenvalue weighted by Gasteiger charge is 2.49. The molecule has 27 heavy (non-hydrogen) atoms. The lowest BCUT2D eigenvalue weighted by atomic mass is 9.88. The number of nitrogens with zero attached hydrogens (tertiary/aromatic N) is 2. The van der Waals surface area contributed by atoms with Gasteiger partial charge in [0.25, 0.3) is 12.3 Å². The van der Waals surface area contributed by atoms with Gasteiger partial charge in [-0.3, -0.25) is 9.48 Å². The minimum absolute atomic E-state index is 0.113. The summed E-state index contributed by atoms with van der Waals surface area (Å²) in [6.07, 6.45) is -1.78. The lowest BCUT2D eigenvalue weighted by Gasteiger charge is -2.22. The Bertz CT molecular complexity index is 970. The third-order valence-corrected chi connectivity index (χ3v) is 5.61. The van der Waals surface area contributed by atoms with Crippen LogP contribution in [0.2, 0.25) is 0 Å². The molecule has 2 aliphatic carbocycles. The molecule has 1 amide bonds. The van der Waals surface area contributed by atoms with Gasteiger partial charge in [-0.05, 0) is 29.2 Å². The Hall–Kier alpha value is -1.96. The van der Waals surface area contributed by atoms with Crippen LogP contribution in [0.1, 0.15) is 51.9 Å². The molecule has 0 spiro atoms. The number of anilines is 1. The molecule has 2 aromatic rings. The normalized spacial score (nSPS) is 23.1. The van der Waals surface area contributed by atoms with E-state index in [-0.39, 0.29) is 16.0 Å². The third-order valence-electron chi connectivity index (χ3n) is 5.17. The molecule has 1 fully saturated rings. The van der Waals surface area contributed by atoms with Crippen LogP contribution in [0.25, 0.3) is 0 Å². The fraction of sp³-hybridized carbons (Fsp3) is 0.333. The number of alkyl halides is 2. The number of nitrogens with one attached hydrogen (secondary N) is 1. The highest BCUT2D eigenvalue weighted by molar-refractivity contribution is 6.56. The van der Waals surface area contributed by atoms with Crippen LogP contribution in [0.4, 0.5) is 14.5 Å². The van der Waals surface area contributed by atoms with Crippen LogP contribution in [0.3, 0.4) is 0 Å². The predicted molar refractivity (Wildman–Crippen MR) is 97.4 cm³/mol. The maximum absolute atomic E-state index is 13.1. The van der Waals surface area contributed by atoms with Gasteiger partial charge in [0.15, 0.2) is 0 Å².